The van der Waals surface area contributed by atoms with Gasteiger partial charge in [-0.1, -0.05) is 27.5 Å². The molecule has 0 spiro atoms. The summed E-state index contributed by atoms with van der Waals surface area (Å²) >= 11 is 9.52. The molecule has 2 nitrogen and oxygen atoms in total. The standard InChI is InChI=1S/C12H18BrClN2/c1-15-6-3-7-16(2)9-10-8-11(14)4-5-12(10)13/h4-5,8,15H,3,6-7,9H2,1-2H3. The van der Waals surface area contributed by atoms with Gasteiger partial charge in [-0.05, 0) is 57.4 Å². The van der Waals surface area contributed by atoms with Gasteiger partial charge in [0.05, 0.1) is 0 Å². The lowest BCUT2D eigenvalue weighted by molar-refractivity contribution is 0.320. The van der Waals surface area contributed by atoms with Crippen LogP contribution in [0.5, 0.6) is 0 Å². The van der Waals surface area contributed by atoms with Crippen LogP contribution in [0.15, 0.2) is 22.7 Å². The van der Waals surface area contributed by atoms with Crippen LogP contribution in [0.4, 0.5) is 0 Å². The Balaban J connectivity index is 2.48. The molecular formula is C12H18BrClN2. The Hall–Kier alpha value is -0.0900. The van der Waals surface area contributed by atoms with Crippen molar-refractivity contribution in [1.82, 2.24) is 10.2 Å². The lowest BCUT2D eigenvalue weighted by atomic mass is 10.2. The van der Waals surface area contributed by atoms with Crippen molar-refractivity contribution in [2.45, 2.75) is 13.0 Å². The summed E-state index contributed by atoms with van der Waals surface area (Å²) in [5, 5.41) is 3.94. The van der Waals surface area contributed by atoms with Crippen LogP contribution in [0.25, 0.3) is 0 Å². The summed E-state index contributed by atoms with van der Waals surface area (Å²) < 4.78 is 1.12. The monoisotopic (exact) mass is 304 g/mol. The maximum absolute atomic E-state index is 5.98. The third kappa shape index (κ3) is 4.83. The topological polar surface area (TPSA) is 15.3 Å². The summed E-state index contributed by atoms with van der Waals surface area (Å²) in [6, 6.07) is 5.91. The molecule has 0 saturated heterocycles. The van der Waals surface area contributed by atoms with Crippen LogP contribution in [0.2, 0.25) is 5.02 Å². The van der Waals surface area contributed by atoms with E-state index in [1.54, 1.807) is 0 Å². The highest BCUT2D eigenvalue weighted by Gasteiger charge is 2.04. The van der Waals surface area contributed by atoms with Crippen molar-refractivity contribution in [3.05, 3.63) is 33.3 Å². The average Bonchev–Trinajstić information content (AvgIpc) is 2.24. The van der Waals surface area contributed by atoms with Crippen molar-refractivity contribution in [1.29, 1.82) is 0 Å². The van der Waals surface area contributed by atoms with Crippen molar-refractivity contribution < 1.29 is 0 Å². The fourth-order valence-electron chi connectivity index (χ4n) is 1.56. The molecule has 1 aromatic rings. The zero-order valence-corrected chi connectivity index (χ0v) is 12.1. The van der Waals surface area contributed by atoms with E-state index in [1.807, 2.05) is 25.2 Å². The molecule has 0 aliphatic carbocycles. The minimum atomic E-state index is 0.793. The Morgan fingerprint density at radius 3 is 2.88 bits per heavy atom. The van der Waals surface area contributed by atoms with Gasteiger partial charge in [-0.2, -0.15) is 0 Å². The van der Waals surface area contributed by atoms with E-state index in [2.05, 4.69) is 33.2 Å². The highest BCUT2D eigenvalue weighted by atomic mass is 79.9. The number of nitrogens with zero attached hydrogens (tertiary/aromatic N) is 1. The molecule has 90 valence electrons. The molecule has 1 N–H and O–H groups in total. The zero-order valence-electron chi connectivity index (χ0n) is 9.76. The lowest BCUT2D eigenvalue weighted by Crippen LogP contribution is -2.22. The molecule has 0 aliphatic heterocycles. The van der Waals surface area contributed by atoms with E-state index >= 15 is 0 Å². The summed E-state index contributed by atoms with van der Waals surface area (Å²) in [7, 11) is 4.11. The van der Waals surface area contributed by atoms with Gasteiger partial charge in [0.1, 0.15) is 0 Å². The molecule has 0 atom stereocenters. The maximum Gasteiger partial charge on any atom is 0.0410 e. The number of nitrogens with one attached hydrogen (secondary N) is 1. The molecule has 0 aromatic heterocycles. The first kappa shape index (κ1) is 14.0. The van der Waals surface area contributed by atoms with Crippen molar-refractivity contribution in [3.63, 3.8) is 0 Å². The molecule has 0 bridgehead atoms. The highest BCUT2D eigenvalue weighted by Crippen LogP contribution is 2.22. The van der Waals surface area contributed by atoms with E-state index in [9.17, 15) is 0 Å². The first-order chi connectivity index (χ1) is 7.63. The molecule has 0 heterocycles. The second-order valence-electron chi connectivity index (χ2n) is 3.93. The average molecular weight is 306 g/mol. The summed E-state index contributed by atoms with van der Waals surface area (Å²) in [5.41, 5.74) is 1.24. The van der Waals surface area contributed by atoms with Crippen LogP contribution in [-0.4, -0.2) is 32.1 Å². The highest BCUT2D eigenvalue weighted by molar-refractivity contribution is 9.10. The smallest absolute Gasteiger partial charge is 0.0410 e. The van der Waals surface area contributed by atoms with Crippen LogP contribution in [0.1, 0.15) is 12.0 Å². The van der Waals surface area contributed by atoms with Gasteiger partial charge in [-0.3, -0.25) is 0 Å². The van der Waals surface area contributed by atoms with Gasteiger partial charge in [-0.25, -0.2) is 0 Å². The van der Waals surface area contributed by atoms with Gasteiger partial charge in [0.25, 0.3) is 0 Å². The SMILES string of the molecule is CNCCCN(C)Cc1cc(Cl)ccc1Br. The van der Waals surface area contributed by atoms with Gasteiger partial charge in [-0.15, -0.1) is 0 Å². The summed E-state index contributed by atoms with van der Waals surface area (Å²) in [5.74, 6) is 0. The van der Waals surface area contributed by atoms with Crippen molar-refractivity contribution in [2.75, 3.05) is 27.2 Å². The van der Waals surface area contributed by atoms with Crippen LogP contribution in [0.3, 0.4) is 0 Å². The molecule has 0 amide bonds. The third-order valence-electron chi connectivity index (χ3n) is 2.41. The van der Waals surface area contributed by atoms with Crippen LogP contribution in [0, 0.1) is 0 Å². The minimum absolute atomic E-state index is 0.793. The Labute approximate surface area is 111 Å². The van der Waals surface area contributed by atoms with Gasteiger partial charge >= 0.3 is 0 Å². The molecular weight excluding hydrogens is 288 g/mol. The predicted molar refractivity (Wildman–Crippen MR) is 74.0 cm³/mol. The summed E-state index contributed by atoms with van der Waals surface area (Å²) in [6.07, 6.45) is 1.16. The molecule has 0 fully saturated rings. The summed E-state index contributed by atoms with van der Waals surface area (Å²) in [6.45, 7) is 3.06. The Bertz CT molecular complexity index is 331. The number of hydrogen-bond acceptors (Lipinski definition) is 2. The largest absolute Gasteiger partial charge is 0.320 e. The quantitative estimate of drug-likeness (QED) is 0.812. The molecule has 1 aromatic carbocycles. The Morgan fingerprint density at radius 1 is 1.44 bits per heavy atom. The van der Waals surface area contributed by atoms with Gasteiger partial charge < -0.3 is 10.2 Å². The fourth-order valence-corrected chi connectivity index (χ4v) is 2.13. The summed E-state index contributed by atoms with van der Waals surface area (Å²) in [4.78, 5) is 2.30. The molecule has 1 rings (SSSR count). The van der Waals surface area contributed by atoms with Crippen LogP contribution >= 0.6 is 27.5 Å². The number of rotatable bonds is 6. The first-order valence-electron chi connectivity index (χ1n) is 5.40. The molecule has 0 radical (unpaired) electrons. The van der Waals surface area contributed by atoms with Gasteiger partial charge in [0.2, 0.25) is 0 Å². The van der Waals surface area contributed by atoms with E-state index < -0.39 is 0 Å². The molecule has 4 heteroatoms. The van der Waals surface area contributed by atoms with E-state index in [0.717, 1.165) is 35.6 Å². The first-order valence-corrected chi connectivity index (χ1v) is 6.57. The Kier molecular flexibility index (Phi) is 6.36. The van der Waals surface area contributed by atoms with E-state index in [1.165, 1.54) is 5.56 Å². The van der Waals surface area contributed by atoms with Crippen molar-refractivity contribution in [2.24, 2.45) is 0 Å². The molecule has 0 saturated carbocycles. The van der Waals surface area contributed by atoms with Crippen LogP contribution < -0.4 is 5.32 Å². The van der Waals surface area contributed by atoms with E-state index in [-0.39, 0.29) is 0 Å². The predicted octanol–water partition coefficient (Wildman–Crippen LogP) is 3.14. The van der Waals surface area contributed by atoms with Crippen molar-refractivity contribution in [3.8, 4) is 0 Å². The number of hydrogen-bond donors (Lipinski definition) is 1. The minimum Gasteiger partial charge on any atom is -0.320 e. The third-order valence-corrected chi connectivity index (χ3v) is 3.42. The van der Waals surface area contributed by atoms with Gasteiger partial charge in [0.15, 0.2) is 0 Å². The second kappa shape index (κ2) is 7.28. The molecule has 0 aliphatic rings. The van der Waals surface area contributed by atoms with Crippen molar-refractivity contribution >= 4 is 27.5 Å². The Morgan fingerprint density at radius 2 is 2.19 bits per heavy atom. The molecule has 16 heavy (non-hydrogen) atoms. The number of halogens is 2. The van der Waals surface area contributed by atoms with Crippen LogP contribution in [-0.2, 0) is 6.54 Å². The lowest BCUT2D eigenvalue weighted by Gasteiger charge is -2.17. The van der Waals surface area contributed by atoms with Gasteiger partial charge in [0, 0.05) is 16.0 Å². The maximum atomic E-state index is 5.98. The fraction of sp³-hybridized carbons (Fsp3) is 0.500. The number of benzene rings is 1. The normalized spacial score (nSPS) is 11.1. The zero-order chi connectivity index (χ0) is 12.0. The van der Waals surface area contributed by atoms with E-state index in [0.29, 0.717) is 0 Å². The second-order valence-corrected chi connectivity index (χ2v) is 5.22. The molecule has 0 unspecified atom stereocenters. The van der Waals surface area contributed by atoms with E-state index in [4.69, 9.17) is 11.6 Å².